The molecule has 0 unspecified atom stereocenters. The van der Waals surface area contributed by atoms with Crippen molar-refractivity contribution >= 4 is 17.6 Å². The number of hydrogen-bond donors (Lipinski definition) is 0. The van der Waals surface area contributed by atoms with E-state index in [-0.39, 0.29) is 11.3 Å². The van der Waals surface area contributed by atoms with E-state index in [2.05, 4.69) is 0 Å². The Morgan fingerprint density at radius 3 is 2.70 bits per heavy atom. The number of alkyl halides is 1. The van der Waals surface area contributed by atoms with Crippen molar-refractivity contribution in [2.75, 3.05) is 6.61 Å². The largest absolute Gasteiger partial charge is 0.466 e. The molecule has 0 N–H and O–H groups in total. The standard InChI is InChI=1S/C7H13ClO2/c1-3-7(8)4-5-10-6(2)9/h7H,3-5H2,1-2H3/t7-/m0/s1. The van der Waals surface area contributed by atoms with Gasteiger partial charge in [-0.05, 0) is 12.8 Å². The first-order valence-corrected chi connectivity index (χ1v) is 3.88. The van der Waals surface area contributed by atoms with E-state index in [9.17, 15) is 4.79 Å². The van der Waals surface area contributed by atoms with Crippen molar-refractivity contribution in [1.29, 1.82) is 0 Å². The third kappa shape index (κ3) is 5.89. The van der Waals surface area contributed by atoms with Gasteiger partial charge in [-0.2, -0.15) is 0 Å². The average molecular weight is 165 g/mol. The Morgan fingerprint density at radius 2 is 2.30 bits per heavy atom. The van der Waals surface area contributed by atoms with E-state index in [1.54, 1.807) is 0 Å². The van der Waals surface area contributed by atoms with Crippen molar-refractivity contribution in [3.63, 3.8) is 0 Å². The number of esters is 1. The van der Waals surface area contributed by atoms with E-state index >= 15 is 0 Å². The van der Waals surface area contributed by atoms with Crippen LogP contribution in [0.4, 0.5) is 0 Å². The second kappa shape index (κ2) is 5.54. The summed E-state index contributed by atoms with van der Waals surface area (Å²) in [5.74, 6) is -0.236. The van der Waals surface area contributed by atoms with E-state index in [0.29, 0.717) is 6.61 Å². The fourth-order valence-corrected chi connectivity index (χ4v) is 0.624. The highest BCUT2D eigenvalue weighted by atomic mass is 35.5. The van der Waals surface area contributed by atoms with Crippen LogP contribution < -0.4 is 0 Å². The molecule has 0 heterocycles. The van der Waals surface area contributed by atoms with Crippen molar-refractivity contribution < 1.29 is 9.53 Å². The molecular weight excluding hydrogens is 152 g/mol. The van der Waals surface area contributed by atoms with Gasteiger partial charge in [-0.1, -0.05) is 6.92 Å². The van der Waals surface area contributed by atoms with Crippen molar-refractivity contribution in [3.05, 3.63) is 0 Å². The lowest BCUT2D eigenvalue weighted by molar-refractivity contribution is -0.141. The molecule has 0 rings (SSSR count). The monoisotopic (exact) mass is 164 g/mol. The number of rotatable bonds is 4. The van der Waals surface area contributed by atoms with E-state index in [4.69, 9.17) is 16.3 Å². The number of carbonyl (C=O) groups is 1. The van der Waals surface area contributed by atoms with Gasteiger partial charge in [0.25, 0.3) is 0 Å². The van der Waals surface area contributed by atoms with Crippen molar-refractivity contribution in [1.82, 2.24) is 0 Å². The fourth-order valence-electron chi connectivity index (χ4n) is 0.535. The van der Waals surface area contributed by atoms with Gasteiger partial charge in [0.05, 0.1) is 6.61 Å². The first kappa shape index (κ1) is 9.76. The predicted octanol–water partition coefficient (Wildman–Crippen LogP) is 1.96. The van der Waals surface area contributed by atoms with Crippen LogP contribution in [0.15, 0.2) is 0 Å². The normalized spacial score (nSPS) is 12.7. The molecular formula is C7H13ClO2. The van der Waals surface area contributed by atoms with Crippen LogP contribution in [0.25, 0.3) is 0 Å². The Hall–Kier alpha value is -0.240. The molecule has 0 aliphatic heterocycles. The summed E-state index contributed by atoms with van der Waals surface area (Å²) in [6.07, 6.45) is 1.67. The number of ether oxygens (including phenoxy) is 1. The van der Waals surface area contributed by atoms with Crippen LogP contribution in [0, 0.1) is 0 Å². The third-order valence-electron chi connectivity index (χ3n) is 1.18. The maximum absolute atomic E-state index is 10.2. The van der Waals surface area contributed by atoms with Gasteiger partial charge in [0.15, 0.2) is 0 Å². The number of halogens is 1. The predicted molar refractivity (Wildman–Crippen MR) is 41.2 cm³/mol. The van der Waals surface area contributed by atoms with Gasteiger partial charge < -0.3 is 4.74 Å². The smallest absolute Gasteiger partial charge is 0.302 e. The minimum absolute atomic E-state index is 0.138. The molecule has 0 aromatic heterocycles. The minimum Gasteiger partial charge on any atom is -0.466 e. The fraction of sp³-hybridized carbons (Fsp3) is 0.857. The van der Waals surface area contributed by atoms with Gasteiger partial charge >= 0.3 is 5.97 Å². The maximum atomic E-state index is 10.2. The molecule has 10 heavy (non-hydrogen) atoms. The van der Waals surface area contributed by atoms with Crippen LogP contribution in [0.3, 0.4) is 0 Å². The summed E-state index contributed by atoms with van der Waals surface area (Å²) in [6, 6.07) is 0. The van der Waals surface area contributed by atoms with Crippen LogP contribution in [-0.4, -0.2) is 18.0 Å². The number of carbonyl (C=O) groups excluding carboxylic acids is 1. The molecule has 0 aromatic carbocycles. The summed E-state index contributed by atoms with van der Waals surface area (Å²) < 4.78 is 4.69. The van der Waals surface area contributed by atoms with Crippen molar-refractivity contribution in [2.24, 2.45) is 0 Å². The van der Waals surface area contributed by atoms with Crippen LogP contribution in [0.5, 0.6) is 0 Å². The molecule has 0 amide bonds. The Bertz CT molecular complexity index is 104. The van der Waals surface area contributed by atoms with E-state index in [1.165, 1.54) is 6.92 Å². The van der Waals surface area contributed by atoms with E-state index in [1.807, 2.05) is 6.92 Å². The minimum atomic E-state index is -0.236. The highest BCUT2D eigenvalue weighted by molar-refractivity contribution is 6.20. The van der Waals surface area contributed by atoms with Gasteiger partial charge in [-0.15, -0.1) is 11.6 Å². The Morgan fingerprint density at radius 1 is 1.70 bits per heavy atom. The average Bonchev–Trinajstić information content (AvgIpc) is 1.87. The molecule has 60 valence electrons. The van der Waals surface area contributed by atoms with Gasteiger partial charge in [0.2, 0.25) is 0 Å². The third-order valence-corrected chi connectivity index (χ3v) is 1.71. The Labute approximate surface area is 66.5 Å². The van der Waals surface area contributed by atoms with Crippen LogP contribution in [-0.2, 0) is 9.53 Å². The van der Waals surface area contributed by atoms with E-state index in [0.717, 1.165) is 12.8 Å². The molecule has 0 saturated heterocycles. The first-order chi connectivity index (χ1) is 4.66. The lowest BCUT2D eigenvalue weighted by Gasteiger charge is -2.04. The zero-order chi connectivity index (χ0) is 7.98. The topological polar surface area (TPSA) is 26.3 Å². The molecule has 3 heteroatoms. The molecule has 0 spiro atoms. The van der Waals surface area contributed by atoms with Gasteiger partial charge in [-0.3, -0.25) is 4.79 Å². The van der Waals surface area contributed by atoms with E-state index < -0.39 is 0 Å². The second-order valence-corrected chi connectivity index (χ2v) is 2.75. The summed E-state index contributed by atoms with van der Waals surface area (Å²) in [6.45, 7) is 3.85. The quantitative estimate of drug-likeness (QED) is 0.469. The molecule has 1 atom stereocenters. The highest BCUT2D eigenvalue weighted by Crippen LogP contribution is 2.05. The van der Waals surface area contributed by atoms with Crippen LogP contribution in [0.2, 0.25) is 0 Å². The second-order valence-electron chi connectivity index (χ2n) is 2.13. The molecule has 0 aliphatic carbocycles. The molecule has 0 aromatic rings. The van der Waals surface area contributed by atoms with Crippen LogP contribution in [0.1, 0.15) is 26.7 Å². The SMILES string of the molecule is CC[C@H](Cl)CCOC(C)=O. The molecule has 0 fully saturated rings. The molecule has 0 radical (unpaired) electrons. The lowest BCUT2D eigenvalue weighted by atomic mass is 10.2. The summed E-state index contributed by atoms with van der Waals surface area (Å²) in [5.41, 5.74) is 0. The van der Waals surface area contributed by atoms with Gasteiger partial charge in [0.1, 0.15) is 0 Å². The summed E-state index contributed by atoms with van der Waals surface area (Å²) >= 11 is 5.76. The zero-order valence-corrected chi connectivity index (χ0v) is 7.15. The Balaban J connectivity index is 3.11. The van der Waals surface area contributed by atoms with Crippen molar-refractivity contribution in [2.45, 2.75) is 32.1 Å². The Kier molecular flexibility index (Phi) is 5.40. The van der Waals surface area contributed by atoms with Gasteiger partial charge in [0, 0.05) is 12.3 Å². The summed E-state index contributed by atoms with van der Waals surface area (Å²) in [4.78, 5) is 10.2. The molecule has 0 saturated carbocycles. The number of hydrogen-bond acceptors (Lipinski definition) is 2. The lowest BCUT2D eigenvalue weighted by Crippen LogP contribution is -2.06. The summed E-state index contributed by atoms with van der Waals surface area (Å²) in [7, 11) is 0. The first-order valence-electron chi connectivity index (χ1n) is 3.44. The zero-order valence-electron chi connectivity index (χ0n) is 6.39. The van der Waals surface area contributed by atoms with Crippen LogP contribution >= 0.6 is 11.6 Å². The van der Waals surface area contributed by atoms with Crippen molar-refractivity contribution in [3.8, 4) is 0 Å². The molecule has 0 aliphatic rings. The maximum Gasteiger partial charge on any atom is 0.302 e. The summed E-state index contributed by atoms with van der Waals surface area (Å²) in [5, 5.41) is 0.138. The molecule has 0 bridgehead atoms. The van der Waals surface area contributed by atoms with Gasteiger partial charge in [-0.25, -0.2) is 0 Å². The highest BCUT2D eigenvalue weighted by Gasteiger charge is 2.01. The molecule has 2 nitrogen and oxygen atoms in total.